The monoisotopic (exact) mass is 446 g/mol. The smallest absolute Gasteiger partial charge is 0.387 e. The topological polar surface area (TPSA) is 96.1 Å². The fourth-order valence-corrected chi connectivity index (χ4v) is 4.38. The van der Waals surface area contributed by atoms with Gasteiger partial charge in [0.05, 0.1) is 33.6 Å². The fraction of sp³-hybridized carbons (Fsp3) is 0.150. The van der Waals surface area contributed by atoms with E-state index in [0.29, 0.717) is 16.5 Å². The predicted octanol–water partition coefficient (Wildman–Crippen LogP) is 2.61. The number of nitrogens with zero attached hydrogens (tertiary/aromatic N) is 4. The SMILES string of the molecule is Cn1ccc(Cn2ncc3cc(S(=O)(=O)c4ccc(OC(F)F)cc4)ccc3c2=O)n1. The highest BCUT2D eigenvalue weighted by atomic mass is 32.2. The van der Waals surface area contributed by atoms with Gasteiger partial charge in [0.25, 0.3) is 5.56 Å². The molecule has 2 heterocycles. The van der Waals surface area contributed by atoms with E-state index in [1.165, 1.54) is 41.2 Å². The van der Waals surface area contributed by atoms with Gasteiger partial charge in [0.2, 0.25) is 9.84 Å². The molecule has 0 unspecified atom stereocenters. The Morgan fingerprint density at radius 2 is 1.77 bits per heavy atom. The molecule has 0 saturated heterocycles. The minimum absolute atomic E-state index is 0.0498. The average Bonchev–Trinajstić information content (AvgIpc) is 3.14. The van der Waals surface area contributed by atoms with E-state index in [4.69, 9.17) is 0 Å². The number of ether oxygens (including phenoxy) is 1. The van der Waals surface area contributed by atoms with Crippen LogP contribution in [0.2, 0.25) is 0 Å². The molecule has 0 amide bonds. The third-order valence-electron chi connectivity index (χ3n) is 4.57. The summed E-state index contributed by atoms with van der Waals surface area (Å²) in [7, 11) is -2.17. The van der Waals surface area contributed by atoms with Gasteiger partial charge in [-0.15, -0.1) is 0 Å². The molecule has 8 nitrogen and oxygen atoms in total. The average molecular weight is 446 g/mol. The number of sulfone groups is 1. The molecule has 11 heteroatoms. The molecule has 0 fully saturated rings. The van der Waals surface area contributed by atoms with Gasteiger partial charge in [-0.2, -0.15) is 19.0 Å². The minimum Gasteiger partial charge on any atom is -0.435 e. The molecule has 0 bridgehead atoms. The number of rotatable bonds is 6. The molecule has 0 aliphatic carbocycles. The first-order valence-electron chi connectivity index (χ1n) is 9.02. The van der Waals surface area contributed by atoms with E-state index < -0.39 is 16.4 Å². The Kier molecular flexibility index (Phi) is 5.27. The summed E-state index contributed by atoms with van der Waals surface area (Å²) in [6, 6.07) is 10.5. The minimum atomic E-state index is -3.94. The molecule has 0 aliphatic rings. The van der Waals surface area contributed by atoms with Gasteiger partial charge in [0.15, 0.2) is 0 Å². The van der Waals surface area contributed by atoms with Gasteiger partial charge in [-0.25, -0.2) is 13.1 Å². The van der Waals surface area contributed by atoms with Crippen LogP contribution >= 0.6 is 0 Å². The molecular weight excluding hydrogens is 430 g/mol. The van der Waals surface area contributed by atoms with E-state index in [9.17, 15) is 22.0 Å². The van der Waals surface area contributed by atoms with Crippen LogP contribution < -0.4 is 10.3 Å². The van der Waals surface area contributed by atoms with Gasteiger partial charge in [0.1, 0.15) is 5.75 Å². The van der Waals surface area contributed by atoms with E-state index in [-0.39, 0.29) is 27.6 Å². The number of aryl methyl sites for hydroxylation is 1. The van der Waals surface area contributed by atoms with E-state index >= 15 is 0 Å². The highest BCUT2D eigenvalue weighted by Crippen LogP contribution is 2.25. The first-order chi connectivity index (χ1) is 14.7. The summed E-state index contributed by atoms with van der Waals surface area (Å²) in [4.78, 5) is 12.6. The van der Waals surface area contributed by atoms with Crippen LogP contribution in [0.25, 0.3) is 10.8 Å². The van der Waals surface area contributed by atoms with Crippen LogP contribution in [0.5, 0.6) is 5.75 Å². The zero-order valence-electron chi connectivity index (χ0n) is 16.1. The van der Waals surface area contributed by atoms with Crippen molar-refractivity contribution in [1.82, 2.24) is 19.6 Å². The highest BCUT2D eigenvalue weighted by molar-refractivity contribution is 7.91. The normalized spacial score (nSPS) is 11.9. The predicted molar refractivity (Wildman–Crippen MR) is 107 cm³/mol. The molecule has 0 saturated carbocycles. The molecular formula is C20H16F2N4O4S. The Morgan fingerprint density at radius 1 is 1.06 bits per heavy atom. The molecule has 0 radical (unpaired) electrons. The number of hydrogen-bond acceptors (Lipinski definition) is 6. The number of aromatic nitrogens is 4. The van der Waals surface area contributed by atoms with E-state index in [2.05, 4.69) is 14.9 Å². The van der Waals surface area contributed by atoms with Crippen LogP contribution in [0, 0.1) is 0 Å². The third-order valence-corrected chi connectivity index (χ3v) is 6.34. The van der Waals surface area contributed by atoms with Crippen LogP contribution in [0.15, 0.2) is 75.5 Å². The van der Waals surface area contributed by atoms with E-state index in [1.807, 2.05) is 0 Å². The van der Waals surface area contributed by atoms with Gasteiger partial charge in [-0.05, 0) is 48.5 Å². The molecule has 0 spiro atoms. The largest absolute Gasteiger partial charge is 0.435 e. The Morgan fingerprint density at radius 3 is 2.42 bits per heavy atom. The molecule has 160 valence electrons. The van der Waals surface area contributed by atoms with Crippen molar-refractivity contribution >= 4 is 20.6 Å². The zero-order valence-corrected chi connectivity index (χ0v) is 17.0. The fourth-order valence-electron chi connectivity index (χ4n) is 3.08. The molecule has 2 aromatic carbocycles. The number of halogens is 2. The molecule has 0 atom stereocenters. The van der Waals surface area contributed by atoms with Gasteiger partial charge in [-0.3, -0.25) is 9.48 Å². The van der Waals surface area contributed by atoms with Crippen molar-refractivity contribution in [3.63, 3.8) is 0 Å². The summed E-state index contributed by atoms with van der Waals surface area (Å²) >= 11 is 0. The van der Waals surface area contributed by atoms with Crippen molar-refractivity contribution in [2.75, 3.05) is 0 Å². The van der Waals surface area contributed by atoms with Crippen LogP contribution in [0.4, 0.5) is 8.78 Å². The van der Waals surface area contributed by atoms with Crippen LogP contribution in [-0.2, 0) is 23.4 Å². The summed E-state index contributed by atoms with van der Waals surface area (Å²) in [6.07, 6.45) is 3.17. The lowest BCUT2D eigenvalue weighted by molar-refractivity contribution is -0.0498. The van der Waals surface area contributed by atoms with Crippen molar-refractivity contribution in [1.29, 1.82) is 0 Å². The van der Waals surface area contributed by atoms with Crippen LogP contribution in [0.1, 0.15) is 5.69 Å². The molecule has 31 heavy (non-hydrogen) atoms. The van der Waals surface area contributed by atoms with Crippen LogP contribution in [-0.4, -0.2) is 34.6 Å². The van der Waals surface area contributed by atoms with Crippen molar-refractivity contribution in [3.05, 3.63) is 77.0 Å². The standard InChI is InChI=1S/C20H16F2N4O4S/c1-25-9-8-14(24-25)12-26-19(27)18-7-6-17(10-13(18)11-23-26)31(28,29)16-4-2-15(3-5-16)30-20(21)22/h2-11,20H,12H2,1H3. The molecule has 4 rings (SSSR count). The quantitative estimate of drug-likeness (QED) is 0.452. The van der Waals surface area contributed by atoms with Crippen molar-refractivity contribution in [3.8, 4) is 5.75 Å². The summed E-state index contributed by atoms with van der Waals surface area (Å²) in [5.74, 6) is -0.148. The van der Waals surface area contributed by atoms with Gasteiger partial charge < -0.3 is 4.74 Å². The van der Waals surface area contributed by atoms with E-state index in [1.54, 1.807) is 24.0 Å². The number of hydrogen-bond donors (Lipinski definition) is 0. The summed E-state index contributed by atoms with van der Waals surface area (Å²) < 4.78 is 57.5. The second-order valence-electron chi connectivity index (χ2n) is 6.69. The first kappa shape index (κ1) is 20.7. The van der Waals surface area contributed by atoms with E-state index in [0.717, 1.165) is 12.1 Å². The second-order valence-corrected chi connectivity index (χ2v) is 8.64. The molecule has 4 aromatic rings. The Bertz CT molecular complexity index is 1410. The summed E-state index contributed by atoms with van der Waals surface area (Å²) in [6.45, 7) is -2.82. The Labute approximate surface area is 175 Å². The summed E-state index contributed by atoms with van der Waals surface area (Å²) in [5.41, 5.74) is 0.288. The van der Waals surface area contributed by atoms with Crippen LogP contribution in [0.3, 0.4) is 0 Å². The summed E-state index contributed by atoms with van der Waals surface area (Å²) in [5, 5.41) is 9.01. The lowest BCUT2D eigenvalue weighted by atomic mass is 10.2. The molecule has 2 aromatic heterocycles. The number of alkyl halides is 2. The number of fused-ring (bicyclic) bond motifs is 1. The number of benzene rings is 2. The van der Waals surface area contributed by atoms with Crippen molar-refractivity contribution in [2.45, 2.75) is 22.9 Å². The zero-order chi connectivity index (χ0) is 22.2. The first-order valence-corrected chi connectivity index (χ1v) is 10.5. The van der Waals surface area contributed by atoms with Crippen molar-refractivity contribution in [2.24, 2.45) is 7.05 Å². The Balaban J connectivity index is 1.67. The third kappa shape index (κ3) is 4.17. The van der Waals surface area contributed by atoms with Gasteiger partial charge >= 0.3 is 6.61 Å². The second kappa shape index (κ2) is 7.91. The van der Waals surface area contributed by atoms with Gasteiger partial charge in [0, 0.05) is 18.6 Å². The highest BCUT2D eigenvalue weighted by Gasteiger charge is 2.19. The molecule has 0 aliphatic heterocycles. The molecule has 0 N–H and O–H groups in total. The lowest BCUT2D eigenvalue weighted by Gasteiger charge is -2.09. The maximum atomic E-state index is 12.9. The maximum Gasteiger partial charge on any atom is 0.387 e. The Hall–Kier alpha value is -3.60. The van der Waals surface area contributed by atoms with Crippen molar-refractivity contribution < 1.29 is 21.9 Å². The van der Waals surface area contributed by atoms with Gasteiger partial charge in [-0.1, -0.05) is 0 Å². The maximum absolute atomic E-state index is 12.9. The lowest BCUT2D eigenvalue weighted by Crippen LogP contribution is -2.23.